The van der Waals surface area contributed by atoms with Gasteiger partial charge in [-0.2, -0.15) is 0 Å². The summed E-state index contributed by atoms with van der Waals surface area (Å²) in [6.07, 6.45) is 0. The van der Waals surface area contributed by atoms with Gasteiger partial charge in [-0.1, -0.05) is 53.7 Å². The van der Waals surface area contributed by atoms with Crippen LogP contribution in [0.25, 0.3) is 0 Å². The van der Waals surface area contributed by atoms with Gasteiger partial charge in [0.2, 0.25) is 0 Å². The van der Waals surface area contributed by atoms with Crippen LogP contribution in [0, 0.1) is 0 Å². The van der Waals surface area contributed by atoms with E-state index >= 15 is 0 Å². The molecule has 1 amide bonds. The molecule has 4 N–H and O–H groups in total. The van der Waals surface area contributed by atoms with Crippen molar-refractivity contribution in [1.82, 2.24) is 0 Å². The standard InChI is InChI=1S/C21H28N2O2/c1-20(2,3)15-11-13(12-16(18(15)24)21(4,5)6)23-17-10-8-7-9-14(17)19(22)25/h7-12,23-24H,1-6H3,(H2,22,25). The van der Waals surface area contributed by atoms with Crippen molar-refractivity contribution >= 4 is 17.3 Å². The van der Waals surface area contributed by atoms with Crippen LogP contribution in [-0.2, 0) is 10.8 Å². The normalized spacial score (nSPS) is 12.1. The SMILES string of the molecule is CC(C)(C)c1cc(Nc2ccccc2C(N)=O)cc(C(C)(C)C)c1O. The summed E-state index contributed by atoms with van der Waals surface area (Å²) in [5.74, 6) is -0.150. The maximum absolute atomic E-state index is 11.7. The number of rotatable bonds is 3. The Morgan fingerprint density at radius 3 is 1.88 bits per heavy atom. The summed E-state index contributed by atoms with van der Waals surface area (Å²) in [6, 6.07) is 11.0. The molecule has 2 rings (SSSR count). The minimum Gasteiger partial charge on any atom is -0.507 e. The molecule has 0 bridgehead atoms. The van der Waals surface area contributed by atoms with Gasteiger partial charge >= 0.3 is 0 Å². The fourth-order valence-corrected chi connectivity index (χ4v) is 2.81. The molecule has 4 nitrogen and oxygen atoms in total. The van der Waals surface area contributed by atoms with Crippen molar-refractivity contribution in [1.29, 1.82) is 0 Å². The van der Waals surface area contributed by atoms with Gasteiger partial charge in [0, 0.05) is 16.8 Å². The predicted octanol–water partition coefficient (Wildman–Crippen LogP) is 4.83. The van der Waals surface area contributed by atoms with Crippen molar-refractivity contribution < 1.29 is 9.90 Å². The van der Waals surface area contributed by atoms with E-state index in [2.05, 4.69) is 46.9 Å². The highest BCUT2D eigenvalue weighted by Gasteiger charge is 2.26. The fraction of sp³-hybridized carbons (Fsp3) is 0.381. The van der Waals surface area contributed by atoms with Crippen LogP contribution in [0.5, 0.6) is 5.75 Å². The lowest BCUT2D eigenvalue weighted by molar-refractivity contribution is 0.100. The molecule has 0 aliphatic rings. The molecule has 0 spiro atoms. The number of primary amides is 1. The Labute approximate surface area is 150 Å². The average Bonchev–Trinajstić information content (AvgIpc) is 2.47. The van der Waals surface area contributed by atoms with Gasteiger partial charge < -0.3 is 16.2 Å². The van der Waals surface area contributed by atoms with E-state index in [1.165, 1.54) is 0 Å². The number of hydrogen-bond donors (Lipinski definition) is 3. The zero-order chi connectivity index (χ0) is 19.0. The Hall–Kier alpha value is -2.49. The minimum atomic E-state index is -0.478. The van der Waals surface area contributed by atoms with Gasteiger partial charge in [-0.15, -0.1) is 0 Å². The number of nitrogens with two attached hydrogens (primary N) is 1. The topological polar surface area (TPSA) is 75.3 Å². The second-order valence-corrected chi connectivity index (χ2v) is 8.45. The molecule has 2 aromatic rings. The molecule has 0 aromatic heterocycles. The number of phenolic OH excluding ortho intramolecular Hbond substituents is 1. The van der Waals surface area contributed by atoms with E-state index in [1.807, 2.05) is 24.3 Å². The van der Waals surface area contributed by atoms with Crippen LogP contribution < -0.4 is 11.1 Å². The van der Waals surface area contributed by atoms with Gasteiger partial charge in [-0.05, 0) is 35.1 Å². The lowest BCUT2D eigenvalue weighted by Crippen LogP contribution is -2.18. The number of phenols is 1. The number of para-hydroxylation sites is 1. The highest BCUT2D eigenvalue weighted by atomic mass is 16.3. The van der Waals surface area contributed by atoms with Gasteiger partial charge in [0.05, 0.1) is 11.3 Å². The smallest absolute Gasteiger partial charge is 0.250 e. The first-order valence-corrected chi connectivity index (χ1v) is 8.45. The van der Waals surface area contributed by atoms with Gasteiger partial charge in [-0.3, -0.25) is 4.79 Å². The van der Waals surface area contributed by atoms with Crippen molar-refractivity contribution in [3.8, 4) is 5.75 Å². The molecule has 0 saturated heterocycles. The van der Waals surface area contributed by atoms with E-state index < -0.39 is 5.91 Å². The van der Waals surface area contributed by atoms with Crippen LogP contribution >= 0.6 is 0 Å². The summed E-state index contributed by atoms with van der Waals surface area (Å²) in [7, 11) is 0. The molecule has 0 radical (unpaired) electrons. The van der Waals surface area contributed by atoms with Crippen LogP contribution in [0.2, 0.25) is 0 Å². The quantitative estimate of drug-likeness (QED) is 0.701. The van der Waals surface area contributed by atoms with E-state index in [9.17, 15) is 9.90 Å². The third kappa shape index (κ3) is 4.13. The first-order chi connectivity index (χ1) is 11.4. The zero-order valence-electron chi connectivity index (χ0n) is 15.9. The summed E-state index contributed by atoms with van der Waals surface area (Å²) in [4.78, 5) is 11.7. The van der Waals surface area contributed by atoms with E-state index in [-0.39, 0.29) is 10.8 Å². The highest BCUT2D eigenvalue weighted by molar-refractivity contribution is 5.99. The second kappa shape index (κ2) is 6.43. The zero-order valence-corrected chi connectivity index (χ0v) is 15.9. The summed E-state index contributed by atoms with van der Waals surface area (Å²) in [6.45, 7) is 12.4. The molecule has 0 unspecified atom stereocenters. The molecule has 0 heterocycles. The number of nitrogens with one attached hydrogen (secondary N) is 1. The van der Waals surface area contributed by atoms with Crippen molar-refractivity contribution in [2.24, 2.45) is 5.73 Å². The fourth-order valence-electron chi connectivity index (χ4n) is 2.81. The third-order valence-corrected chi connectivity index (χ3v) is 4.20. The molecule has 25 heavy (non-hydrogen) atoms. The number of benzene rings is 2. The lowest BCUT2D eigenvalue weighted by atomic mass is 9.79. The van der Waals surface area contributed by atoms with E-state index in [4.69, 9.17) is 5.73 Å². The molecule has 2 aromatic carbocycles. The van der Waals surface area contributed by atoms with Crippen molar-refractivity contribution in [2.75, 3.05) is 5.32 Å². The molecular weight excluding hydrogens is 312 g/mol. The monoisotopic (exact) mass is 340 g/mol. The molecule has 0 fully saturated rings. The number of anilines is 2. The molecule has 134 valence electrons. The molecule has 0 saturated carbocycles. The Bertz CT molecular complexity index is 761. The number of amides is 1. The number of aromatic hydroxyl groups is 1. The number of carbonyl (C=O) groups excluding carboxylic acids is 1. The summed E-state index contributed by atoms with van der Waals surface area (Å²) >= 11 is 0. The van der Waals surface area contributed by atoms with Crippen molar-refractivity contribution in [3.63, 3.8) is 0 Å². The van der Waals surface area contributed by atoms with Crippen molar-refractivity contribution in [2.45, 2.75) is 52.4 Å². The van der Waals surface area contributed by atoms with E-state index in [0.29, 0.717) is 17.0 Å². The molecule has 0 aliphatic heterocycles. The predicted molar refractivity (Wildman–Crippen MR) is 104 cm³/mol. The summed E-state index contributed by atoms with van der Waals surface area (Å²) in [5, 5.41) is 14.1. The van der Waals surface area contributed by atoms with E-state index in [1.54, 1.807) is 12.1 Å². The van der Waals surface area contributed by atoms with Gasteiger partial charge in [0.15, 0.2) is 0 Å². The van der Waals surface area contributed by atoms with Crippen molar-refractivity contribution in [3.05, 3.63) is 53.1 Å². The maximum Gasteiger partial charge on any atom is 0.250 e. The van der Waals surface area contributed by atoms with Crippen LogP contribution in [0.3, 0.4) is 0 Å². The van der Waals surface area contributed by atoms with Crippen LogP contribution in [0.15, 0.2) is 36.4 Å². The summed E-state index contributed by atoms with van der Waals surface area (Å²) < 4.78 is 0. The van der Waals surface area contributed by atoms with Gasteiger partial charge in [-0.25, -0.2) is 0 Å². The molecule has 0 atom stereocenters. The number of hydrogen-bond acceptors (Lipinski definition) is 3. The van der Waals surface area contributed by atoms with Crippen LogP contribution in [0.4, 0.5) is 11.4 Å². The Morgan fingerprint density at radius 1 is 0.960 bits per heavy atom. The summed E-state index contributed by atoms with van der Waals surface area (Å²) in [5.41, 5.74) is 8.67. The Morgan fingerprint density at radius 2 is 1.44 bits per heavy atom. The Balaban J connectivity index is 2.62. The highest BCUT2D eigenvalue weighted by Crippen LogP contribution is 2.41. The Kier molecular flexibility index (Phi) is 4.85. The first-order valence-electron chi connectivity index (χ1n) is 8.45. The molecule has 4 heteroatoms. The molecule has 0 aliphatic carbocycles. The van der Waals surface area contributed by atoms with Crippen LogP contribution in [-0.4, -0.2) is 11.0 Å². The number of carbonyl (C=O) groups is 1. The first kappa shape index (κ1) is 18.8. The molecular formula is C21H28N2O2. The van der Waals surface area contributed by atoms with Gasteiger partial charge in [0.1, 0.15) is 5.75 Å². The third-order valence-electron chi connectivity index (χ3n) is 4.20. The minimum absolute atomic E-state index is 0.217. The van der Waals surface area contributed by atoms with E-state index in [0.717, 1.165) is 16.8 Å². The maximum atomic E-state index is 11.7. The second-order valence-electron chi connectivity index (χ2n) is 8.45. The van der Waals surface area contributed by atoms with Crippen LogP contribution in [0.1, 0.15) is 63.0 Å². The average molecular weight is 340 g/mol. The lowest BCUT2D eigenvalue weighted by Gasteiger charge is -2.28. The largest absolute Gasteiger partial charge is 0.507 e. The van der Waals surface area contributed by atoms with Gasteiger partial charge in [0.25, 0.3) is 5.91 Å².